The number of carbonyl (C=O) groups excluding carboxylic acids is 2. The standard InChI is InChI=1S/C38H41NO4/c1-38(2,31-23-13-6-14-24-31)32-25-15-16-26-33(32)43-37(41)35(42-27-28-17-7-3-8-18-28)34(29-19-9-4-10-20-29)39-36(40)30-21-11-5-12-22-30/h3-14,17-24,32-35H,15-16,25-27H2,1-2H3,(H,39,40)/t32-,33+,34+,35+/m1/s1. The van der Waals surface area contributed by atoms with Crippen molar-refractivity contribution in [1.29, 1.82) is 0 Å². The van der Waals surface area contributed by atoms with Gasteiger partial charge in [0.2, 0.25) is 0 Å². The molecule has 5 heteroatoms. The van der Waals surface area contributed by atoms with E-state index >= 15 is 0 Å². The van der Waals surface area contributed by atoms with E-state index in [1.54, 1.807) is 12.1 Å². The zero-order valence-corrected chi connectivity index (χ0v) is 25.0. The lowest BCUT2D eigenvalue weighted by Crippen LogP contribution is -2.47. The quantitative estimate of drug-likeness (QED) is 0.185. The average Bonchev–Trinajstić information content (AvgIpc) is 3.06. The number of ether oxygens (including phenoxy) is 2. The van der Waals surface area contributed by atoms with Crippen molar-refractivity contribution in [3.8, 4) is 0 Å². The Morgan fingerprint density at radius 3 is 1.98 bits per heavy atom. The molecule has 0 unspecified atom stereocenters. The van der Waals surface area contributed by atoms with E-state index in [0.717, 1.165) is 36.8 Å². The minimum Gasteiger partial charge on any atom is -0.460 e. The van der Waals surface area contributed by atoms with Gasteiger partial charge in [-0.2, -0.15) is 0 Å². The number of hydrogen-bond donors (Lipinski definition) is 1. The topological polar surface area (TPSA) is 64.6 Å². The Hall–Kier alpha value is -4.22. The Morgan fingerprint density at radius 2 is 1.33 bits per heavy atom. The summed E-state index contributed by atoms with van der Waals surface area (Å²) in [4.78, 5) is 27.7. The van der Waals surface area contributed by atoms with Gasteiger partial charge in [-0.1, -0.05) is 129 Å². The van der Waals surface area contributed by atoms with Crippen LogP contribution in [0.15, 0.2) is 121 Å². The van der Waals surface area contributed by atoms with E-state index < -0.39 is 18.1 Å². The minimum absolute atomic E-state index is 0.149. The number of hydrogen-bond acceptors (Lipinski definition) is 4. The SMILES string of the molecule is CC(C)(c1ccccc1)[C@@H]1CCCC[C@@H]1OC(=O)[C@@H](OCc1ccccc1)[C@@H](NC(=O)c1ccccc1)c1ccccc1. The number of nitrogens with one attached hydrogen (secondary N) is 1. The zero-order valence-electron chi connectivity index (χ0n) is 25.0. The van der Waals surface area contributed by atoms with Gasteiger partial charge < -0.3 is 14.8 Å². The fourth-order valence-corrected chi connectivity index (χ4v) is 6.23. The summed E-state index contributed by atoms with van der Waals surface area (Å²) in [6.45, 7) is 4.69. The number of benzene rings is 4. The number of amides is 1. The van der Waals surface area contributed by atoms with E-state index in [1.807, 2.05) is 84.9 Å². The highest BCUT2D eigenvalue weighted by atomic mass is 16.6. The Labute approximate surface area is 255 Å². The normalized spacial score (nSPS) is 18.3. The zero-order chi connectivity index (χ0) is 30.1. The van der Waals surface area contributed by atoms with Gasteiger partial charge in [0.1, 0.15) is 6.10 Å². The molecule has 1 N–H and O–H groups in total. The van der Waals surface area contributed by atoms with Gasteiger partial charge in [-0.05, 0) is 53.5 Å². The van der Waals surface area contributed by atoms with E-state index in [1.165, 1.54) is 5.56 Å². The molecular weight excluding hydrogens is 534 g/mol. The third-order valence-electron chi connectivity index (χ3n) is 8.70. The molecule has 0 bridgehead atoms. The molecule has 0 aromatic heterocycles. The van der Waals surface area contributed by atoms with E-state index in [9.17, 15) is 9.59 Å². The largest absolute Gasteiger partial charge is 0.460 e. The lowest BCUT2D eigenvalue weighted by Gasteiger charge is -2.42. The maximum atomic E-state index is 14.3. The summed E-state index contributed by atoms with van der Waals surface area (Å²) in [7, 11) is 0. The van der Waals surface area contributed by atoms with Crippen molar-refractivity contribution in [1.82, 2.24) is 5.32 Å². The molecule has 1 fully saturated rings. The molecule has 222 valence electrons. The second kappa shape index (κ2) is 14.3. The van der Waals surface area contributed by atoms with Crippen LogP contribution >= 0.6 is 0 Å². The van der Waals surface area contributed by atoms with Crippen molar-refractivity contribution in [3.63, 3.8) is 0 Å². The molecule has 4 atom stereocenters. The monoisotopic (exact) mass is 575 g/mol. The predicted molar refractivity (Wildman–Crippen MR) is 169 cm³/mol. The highest BCUT2D eigenvalue weighted by Crippen LogP contribution is 2.42. The molecule has 1 aliphatic carbocycles. The van der Waals surface area contributed by atoms with Gasteiger partial charge >= 0.3 is 5.97 Å². The highest BCUT2D eigenvalue weighted by molar-refractivity contribution is 5.95. The van der Waals surface area contributed by atoms with Crippen molar-refractivity contribution in [2.75, 3.05) is 0 Å². The van der Waals surface area contributed by atoms with Crippen LogP contribution in [0.3, 0.4) is 0 Å². The van der Waals surface area contributed by atoms with Crippen LogP contribution in [0, 0.1) is 5.92 Å². The van der Waals surface area contributed by atoms with Crippen molar-refractivity contribution in [2.45, 2.75) is 69.8 Å². The van der Waals surface area contributed by atoms with Crippen LogP contribution in [-0.2, 0) is 26.3 Å². The van der Waals surface area contributed by atoms with Crippen LogP contribution in [-0.4, -0.2) is 24.1 Å². The van der Waals surface area contributed by atoms with Crippen molar-refractivity contribution in [3.05, 3.63) is 144 Å². The number of esters is 1. The molecule has 0 radical (unpaired) electrons. The summed E-state index contributed by atoms with van der Waals surface area (Å²) in [5.74, 6) is -0.591. The van der Waals surface area contributed by atoms with E-state index in [2.05, 4.69) is 43.4 Å². The maximum absolute atomic E-state index is 14.3. The Kier molecular flexibility index (Phi) is 10.1. The maximum Gasteiger partial charge on any atom is 0.338 e. The first-order chi connectivity index (χ1) is 20.9. The Balaban J connectivity index is 1.45. The Bertz CT molecular complexity index is 1440. The van der Waals surface area contributed by atoms with Gasteiger partial charge in [-0.3, -0.25) is 4.79 Å². The van der Waals surface area contributed by atoms with Gasteiger partial charge in [-0.25, -0.2) is 4.79 Å². The molecule has 1 aliphatic rings. The molecule has 43 heavy (non-hydrogen) atoms. The van der Waals surface area contributed by atoms with Crippen molar-refractivity contribution >= 4 is 11.9 Å². The smallest absolute Gasteiger partial charge is 0.338 e. The van der Waals surface area contributed by atoms with Crippen LogP contribution in [0.25, 0.3) is 0 Å². The summed E-state index contributed by atoms with van der Waals surface area (Å²) in [6.07, 6.45) is 2.55. The van der Waals surface area contributed by atoms with Gasteiger partial charge in [0.05, 0.1) is 12.6 Å². The van der Waals surface area contributed by atoms with E-state index in [-0.39, 0.29) is 30.0 Å². The highest BCUT2D eigenvalue weighted by Gasteiger charge is 2.42. The van der Waals surface area contributed by atoms with Crippen LogP contribution in [0.1, 0.15) is 72.6 Å². The average molecular weight is 576 g/mol. The number of rotatable bonds is 11. The summed E-state index contributed by atoms with van der Waals surface area (Å²) in [5, 5.41) is 3.11. The van der Waals surface area contributed by atoms with E-state index in [4.69, 9.17) is 9.47 Å². The van der Waals surface area contributed by atoms with Gasteiger partial charge in [0.25, 0.3) is 5.91 Å². The van der Waals surface area contributed by atoms with Crippen molar-refractivity contribution in [2.24, 2.45) is 5.92 Å². The summed E-state index contributed by atoms with van der Waals surface area (Å²) >= 11 is 0. The molecule has 1 amide bonds. The summed E-state index contributed by atoms with van der Waals surface area (Å²) in [6, 6.07) is 38.0. The summed E-state index contributed by atoms with van der Waals surface area (Å²) < 4.78 is 12.8. The van der Waals surface area contributed by atoms with Gasteiger partial charge in [0.15, 0.2) is 6.10 Å². The molecule has 0 aliphatic heterocycles. The first-order valence-electron chi connectivity index (χ1n) is 15.3. The van der Waals surface area contributed by atoms with Crippen LogP contribution in [0.2, 0.25) is 0 Å². The fourth-order valence-electron chi connectivity index (χ4n) is 6.23. The molecule has 0 saturated heterocycles. The third kappa shape index (κ3) is 7.60. The fraction of sp³-hybridized carbons (Fsp3) is 0.316. The minimum atomic E-state index is -1.06. The van der Waals surface area contributed by atoms with E-state index in [0.29, 0.717) is 5.56 Å². The lowest BCUT2D eigenvalue weighted by atomic mass is 9.66. The van der Waals surface area contributed by atoms with Gasteiger partial charge in [-0.15, -0.1) is 0 Å². The van der Waals surface area contributed by atoms with Crippen LogP contribution in [0.4, 0.5) is 0 Å². The molecule has 0 heterocycles. The Morgan fingerprint density at radius 1 is 0.767 bits per heavy atom. The molecule has 5 nitrogen and oxygen atoms in total. The summed E-state index contributed by atoms with van der Waals surface area (Å²) in [5.41, 5.74) is 3.26. The van der Waals surface area contributed by atoms with Gasteiger partial charge in [0, 0.05) is 11.5 Å². The third-order valence-corrected chi connectivity index (χ3v) is 8.70. The first-order valence-corrected chi connectivity index (χ1v) is 15.3. The number of carbonyl (C=O) groups is 2. The first kappa shape index (κ1) is 30.2. The van der Waals surface area contributed by atoms with Crippen LogP contribution < -0.4 is 5.32 Å². The predicted octanol–water partition coefficient (Wildman–Crippen LogP) is 7.82. The molecule has 5 rings (SSSR count). The van der Waals surface area contributed by atoms with Crippen molar-refractivity contribution < 1.29 is 19.1 Å². The second-order valence-electron chi connectivity index (χ2n) is 11.9. The molecule has 0 spiro atoms. The molecule has 4 aromatic carbocycles. The van der Waals surface area contributed by atoms with Crippen LogP contribution in [0.5, 0.6) is 0 Å². The molecule has 4 aromatic rings. The second-order valence-corrected chi connectivity index (χ2v) is 11.9. The lowest BCUT2D eigenvalue weighted by molar-refractivity contribution is -0.172. The molecule has 1 saturated carbocycles. The molecular formula is C38H41NO4.